The molecule has 0 saturated carbocycles. The van der Waals surface area contributed by atoms with Crippen molar-refractivity contribution in [3.8, 4) is 16.2 Å². The number of thiophene rings is 1. The highest BCUT2D eigenvalue weighted by molar-refractivity contribution is 9.11. The van der Waals surface area contributed by atoms with Gasteiger partial charge in [-0.15, -0.1) is 11.3 Å². The first-order chi connectivity index (χ1) is 9.43. The minimum Gasteiger partial charge on any atom is -0.496 e. The van der Waals surface area contributed by atoms with Crippen LogP contribution in [0.2, 0.25) is 0 Å². The molecule has 0 radical (unpaired) electrons. The SMILES string of the molecule is COc1cc(-c2ccc(C(=O)C(C)C)s2)c(Br)cc1Br. The molecule has 0 atom stereocenters. The van der Waals surface area contributed by atoms with E-state index in [1.54, 1.807) is 7.11 Å². The molecule has 0 spiro atoms. The summed E-state index contributed by atoms with van der Waals surface area (Å²) in [7, 11) is 1.64. The Bertz CT molecular complexity index is 647. The number of ketones is 1. The molecule has 2 nitrogen and oxygen atoms in total. The number of benzene rings is 1. The van der Waals surface area contributed by atoms with Gasteiger partial charge in [-0.1, -0.05) is 29.8 Å². The lowest BCUT2D eigenvalue weighted by Crippen LogP contribution is -2.04. The summed E-state index contributed by atoms with van der Waals surface area (Å²) < 4.78 is 7.19. The van der Waals surface area contributed by atoms with Gasteiger partial charge in [-0.3, -0.25) is 4.79 Å². The summed E-state index contributed by atoms with van der Waals surface area (Å²) in [5, 5.41) is 0. The molecule has 0 bridgehead atoms. The molecule has 106 valence electrons. The first-order valence-corrected chi connectivity index (χ1v) is 8.51. The van der Waals surface area contributed by atoms with Crippen molar-refractivity contribution < 1.29 is 9.53 Å². The van der Waals surface area contributed by atoms with Crippen LogP contribution in [0.5, 0.6) is 5.75 Å². The molecule has 1 heterocycles. The fraction of sp³-hybridized carbons (Fsp3) is 0.267. The lowest BCUT2D eigenvalue weighted by atomic mass is 10.1. The summed E-state index contributed by atoms with van der Waals surface area (Å²) in [4.78, 5) is 13.9. The lowest BCUT2D eigenvalue weighted by Gasteiger charge is -2.08. The highest BCUT2D eigenvalue weighted by atomic mass is 79.9. The molecule has 1 aromatic heterocycles. The van der Waals surface area contributed by atoms with Crippen LogP contribution in [0.1, 0.15) is 23.5 Å². The number of halogens is 2. The molecular weight excluding hydrogens is 404 g/mol. The second-order valence-corrected chi connectivity index (χ2v) is 7.44. The van der Waals surface area contributed by atoms with Crippen LogP contribution in [-0.2, 0) is 0 Å². The van der Waals surface area contributed by atoms with E-state index in [1.807, 2.05) is 38.1 Å². The third kappa shape index (κ3) is 3.15. The third-order valence-electron chi connectivity index (χ3n) is 2.88. The number of carbonyl (C=O) groups excluding carboxylic acids is 1. The topological polar surface area (TPSA) is 26.3 Å². The van der Waals surface area contributed by atoms with Crippen LogP contribution >= 0.6 is 43.2 Å². The van der Waals surface area contributed by atoms with Crippen LogP contribution < -0.4 is 4.74 Å². The first-order valence-electron chi connectivity index (χ1n) is 6.11. The minimum atomic E-state index is 0.0180. The van der Waals surface area contributed by atoms with Crippen LogP contribution in [0.3, 0.4) is 0 Å². The van der Waals surface area contributed by atoms with Gasteiger partial charge in [0.15, 0.2) is 5.78 Å². The van der Waals surface area contributed by atoms with E-state index in [-0.39, 0.29) is 11.7 Å². The zero-order chi connectivity index (χ0) is 14.9. The summed E-state index contributed by atoms with van der Waals surface area (Å²) in [6.45, 7) is 3.83. The quantitative estimate of drug-likeness (QED) is 0.588. The van der Waals surface area contributed by atoms with E-state index < -0.39 is 0 Å². The van der Waals surface area contributed by atoms with Gasteiger partial charge in [0.25, 0.3) is 0 Å². The summed E-state index contributed by atoms with van der Waals surface area (Å²) in [6, 6.07) is 7.79. The van der Waals surface area contributed by atoms with Gasteiger partial charge in [0, 0.05) is 20.8 Å². The molecule has 0 aliphatic rings. The smallest absolute Gasteiger partial charge is 0.175 e. The average Bonchev–Trinajstić information content (AvgIpc) is 2.87. The molecule has 20 heavy (non-hydrogen) atoms. The monoisotopic (exact) mass is 416 g/mol. The number of carbonyl (C=O) groups is 1. The number of hydrogen-bond donors (Lipinski definition) is 0. The van der Waals surface area contributed by atoms with E-state index in [1.165, 1.54) is 11.3 Å². The highest BCUT2D eigenvalue weighted by Gasteiger charge is 2.16. The van der Waals surface area contributed by atoms with Crippen LogP contribution in [0.4, 0.5) is 0 Å². The zero-order valence-corrected chi connectivity index (χ0v) is 15.4. The Morgan fingerprint density at radius 2 is 1.90 bits per heavy atom. The van der Waals surface area contributed by atoms with Crippen molar-refractivity contribution in [2.24, 2.45) is 5.92 Å². The van der Waals surface area contributed by atoms with Gasteiger partial charge in [-0.25, -0.2) is 0 Å². The largest absolute Gasteiger partial charge is 0.496 e. The molecule has 0 fully saturated rings. The highest BCUT2D eigenvalue weighted by Crippen LogP contribution is 2.40. The second kappa shape index (κ2) is 6.41. The molecule has 0 N–H and O–H groups in total. The molecule has 0 saturated heterocycles. The molecule has 0 amide bonds. The number of hydrogen-bond acceptors (Lipinski definition) is 3. The Morgan fingerprint density at radius 1 is 1.20 bits per heavy atom. The van der Waals surface area contributed by atoms with Crippen molar-refractivity contribution in [2.45, 2.75) is 13.8 Å². The summed E-state index contributed by atoms with van der Waals surface area (Å²) in [6.07, 6.45) is 0. The van der Waals surface area contributed by atoms with Gasteiger partial charge in [0.2, 0.25) is 0 Å². The maximum atomic E-state index is 12.0. The van der Waals surface area contributed by atoms with E-state index in [4.69, 9.17) is 4.74 Å². The molecule has 1 aromatic carbocycles. The number of rotatable bonds is 4. The van der Waals surface area contributed by atoms with Crippen LogP contribution in [0.15, 0.2) is 33.2 Å². The van der Waals surface area contributed by atoms with Gasteiger partial charge < -0.3 is 4.74 Å². The van der Waals surface area contributed by atoms with Gasteiger partial charge in [0.05, 0.1) is 16.5 Å². The second-order valence-electron chi connectivity index (χ2n) is 4.65. The Labute approximate surface area is 139 Å². The minimum absolute atomic E-state index is 0.0180. The number of methoxy groups -OCH3 is 1. The molecule has 5 heteroatoms. The Balaban J connectivity index is 2.45. The summed E-state index contributed by atoms with van der Waals surface area (Å²) in [5.41, 5.74) is 1.03. The van der Waals surface area contributed by atoms with Gasteiger partial charge in [-0.05, 0) is 40.2 Å². The van der Waals surface area contributed by atoms with Crippen molar-refractivity contribution in [2.75, 3.05) is 7.11 Å². The van der Waals surface area contributed by atoms with Crippen molar-refractivity contribution in [3.05, 3.63) is 38.1 Å². The van der Waals surface area contributed by atoms with Crippen LogP contribution in [0.25, 0.3) is 10.4 Å². The standard InChI is InChI=1S/C15H14Br2O2S/c1-8(2)15(18)14-5-4-13(20-14)9-6-12(19-3)11(17)7-10(9)16/h4-8H,1-3H3. The van der Waals surface area contributed by atoms with Crippen LogP contribution in [0, 0.1) is 5.92 Å². The van der Waals surface area contributed by atoms with Crippen molar-refractivity contribution in [1.29, 1.82) is 0 Å². The molecule has 0 unspecified atom stereocenters. The Hall–Kier alpha value is -0.650. The van der Waals surface area contributed by atoms with Gasteiger partial charge >= 0.3 is 0 Å². The van der Waals surface area contributed by atoms with E-state index in [0.29, 0.717) is 0 Å². The predicted molar refractivity (Wildman–Crippen MR) is 90.9 cm³/mol. The average molecular weight is 418 g/mol. The zero-order valence-electron chi connectivity index (χ0n) is 11.4. The van der Waals surface area contributed by atoms with Gasteiger partial charge in [-0.2, -0.15) is 0 Å². The van der Waals surface area contributed by atoms with E-state index >= 15 is 0 Å². The van der Waals surface area contributed by atoms with Crippen molar-refractivity contribution >= 4 is 49.0 Å². The Morgan fingerprint density at radius 3 is 2.50 bits per heavy atom. The van der Waals surface area contributed by atoms with E-state index in [9.17, 15) is 4.79 Å². The van der Waals surface area contributed by atoms with E-state index in [0.717, 1.165) is 30.0 Å². The maximum absolute atomic E-state index is 12.0. The fourth-order valence-corrected chi connectivity index (χ4v) is 4.40. The first kappa shape index (κ1) is 15.7. The van der Waals surface area contributed by atoms with E-state index in [2.05, 4.69) is 31.9 Å². The third-order valence-corrected chi connectivity index (χ3v) is 5.29. The molecule has 0 aliphatic heterocycles. The molecule has 0 aliphatic carbocycles. The molecule has 2 rings (SSSR count). The maximum Gasteiger partial charge on any atom is 0.175 e. The fourth-order valence-electron chi connectivity index (χ4n) is 1.77. The number of ether oxygens (including phenoxy) is 1. The van der Waals surface area contributed by atoms with Crippen LogP contribution in [-0.4, -0.2) is 12.9 Å². The van der Waals surface area contributed by atoms with Crippen molar-refractivity contribution in [3.63, 3.8) is 0 Å². The molecular formula is C15H14Br2O2S. The van der Waals surface area contributed by atoms with Gasteiger partial charge in [0.1, 0.15) is 5.75 Å². The normalized spacial score (nSPS) is 10.9. The summed E-state index contributed by atoms with van der Waals surface area (Å²) >= 11 is 8.53. The Kier molecular flexibility index (Phi) is 5.04. The summed E-state index contributed by atoms with van der Waals surface area (Å²) in [5.74, 6) is 0.971. The molecule has 2 aromatic rings. The number of Topliss-reactive ketones (excluding diaryl/α,β-unsaturated/α-hetero) is 1. The lowest BCUT2D eigenvalue weighted by molar-refractivity contribution is 0.0943. The van der Waals surface area contributed by atoms with Crippen molar-refractivity contribution in [1.82, 2.24) is 0 Å². The predicted octanol–water partition coefficient (Wildman–Crippen LogP) is 5.79.